The molecule has 26 rings (SSSR count). The summed E-state index contributed by atoms with van der Waals surface area (Å²) >= 11 is 32.2. The molecule has 15 nitrogen and oxygen atoms in total. The summed E-state index contributed by atoms with van der Waals surface area (Å²) in [5.41, 5.74) is 7.30. The lowest BCUT2D eigenvalue weighted by Crippen LogP contribution is -2.38. The summed E-state index contributed by atoms with van der Waals surface area (Å²) in [6.45, 7) is 7.90. The molecule has 116 heavy (non-hydrogen) atoms. The maximum Gasteiger partial charge on any atom is 0.238 e. The predicted octanol–water partition coefficient (Wildman–Crippen LogP) is 18.9. The minimum absolute atomic E-state index is 0.00428. The van der Waals surface area contributed by atoms with E-state index >= 15 is 0 Å². The van der Waals surface area contributed by atoms with Gasteiger partial charge in [-0.05, 0) is 316 Å². The van der Waals surface area contributed by atoms with Crippen molar-refractivity contribution in [2.45, 2.75) is 79.1 Å². The van der Waals surface area contributed by atoms with Gasteiger partial charge in [0.25, 0.3) is 0 Å². The number of aryl methyl sites for hydroxylation is 4. The highest BCUT2D eigenvalue weighted by atomic mass is 79.9. The van der Waals surface area contributed by atoms with E-state index in [2.05, 4.69) is 124 Å². The molecule has 5 aromatic carbocycles. The van der Waals surface area contributed by atoms with E-state index in [0.29, 0.717) is 128 Å². The lowest BCUT2D eigenvalue weighted by Gasteiger charge is -2.36. The molecule has 16 aliphatic carbocycles. The van der Waals surface area contributed by atoms with E-state index in [4.69, 9.17) is 34.8 Å². The van der Waals surface area contributed by atoms with E-state index in [1.54, 1.807) is 4.90 Å². The van der Waals surface area contributed by atoms with Crippen molar-refractivity contribution < 1.29 is 47.9 Å². The third-order valence-corrected chi connectivity index (χ3v) is 36.0. The Labute approximate surface area is 721 Å². The Morgan fingerprint density at radius 2 is 0.474 bits per heavy atom. The molecule has 5 heterocycles. The molecule has 32 atom stereocenters. The van der Waals surface area contributed by atoms with Gasteiger partial charge in [0.1, 0.15) is 0 Å². The van der Waals surface area contributed by atoms with E-state index < -0.39 is 0 Å². The Balaban J connectivity index is 0.0000000884. The van der Waals surface area contributed by atoms with Gasteiger partial charge in [0.05, 0.1) is 103 Å². The van der Waals surface area contributed by atoms with Crippen LogP contribution in [-0.2, 0) is 47.9 Å². The predicted molar refractivity (Wildman–Crippen MR) is 454 cm³/mol. The van der Waals surface area contributed by atoms with Gasteiger partial charge >= 0.3 is 0 Å². The van der Waals surface area contributed by atoms with E-state index in [-0.39, 0.29) is 147 Å². The zero-order valence-corrected chi connectivity index (χ0v) is 72.6. The van der Waals surface area contributed by atoms with Crippen molar-refractivity contribution in [3.05, 3.63) is 201 Å². The molecule has 21 aliphatic rings. The summed E-state index contributed by atoms with van der Waals surface area (Å²) in [4.78, 5) is 138. The highest BCUT2D eigenvalue weighted by Crippen LogP contribution is 2.74. The summed E-state index contributed by atoms with van der Waals surface area (Å²) in [6, 6.07) is 25.9. The van der Waals surface area contributed by atoms with Gasteiger partial charge < -0.3 is 0 Å². The van der Waals surface area contributed by atoms with Crippen LogP contribution in [-0.4, -0.2) is 59.1 Å². The SMILES string of the molecule is Cc1cc(Br)cc(C)c1N1C(=O)C2C3C=CC(C3)C2C1=O.Cc1cc(Br)cc(C)c1N1C(=O)C2C3CC(C2C1=O)C1C2C=CC(C2)C31.O=C1C2C3C=CC(C3)C2C(=O)N1c1ccc(Br)cc1.O=C1C2C3CC(C2C(=O)N1c1cc(Cl)c(Cl)cc1Cl)C1C2C=CC(C2)C31.O=C1C2C3CC(C2C(=O)N1c1ccc(Br)cc1)C1C2C=CC(C2)C31. The third kappa shape index (κ3) is 10.6. The van der Waals surface area contributed by atoms with Crippen LogP contribution in [0.5, 0.6) is 0 Å². The highest BCUT2D eigenvalue weighted by Gasteiger charge is 2.75. The van der Waals surface area contributed by atoms with Crippen molar-refractivity contribution in [2.75, 3.05) is 24.5 Å². The quantitative estimate of drug-likeness (QED) is 0.0709. The molecule has 0 N–H and O–H groups in total. The number of hydrogen-bond acceptors (Lipinski definition) is 10. The second-order valence-corrected chi connectivity index (χ2v) is 42.5. The number of allylic oxidation sites excluding steroid dienone is 10. The minimum Gasteiger partial charge on any atom is -0.274 e. The zero-order chi connectivity index (χ0) is 80.0. The molecule has 5 aliphatic heterocycles. The normalized spacial score (nSPS) is 41.4. The lowest BCUT2D eigenvalue weighted by molar-refractivity contribution is -0.125. The summed E-state index contributed by atoms with van der Waals surface area (Å²) in [6.07, 6.45) is 31.6. The third-order valence-electron chi connectivity index (χ3n) is 33.0. The Kier molecular flexibility index (Phi) is 17.7. The van der Waals surface area contributed by atoms with Gasteiger partial charge in [0.15, 0.2) is 0 Å². The number of imide groups is 5. The Morgan fingerprint density at radius 3 is 0.759 bits per heavy atom. The molecule has 5 aromatic rings. The second-order valence-electron chi connectivity index (χ2n) is 37.7. The molecular formula is C94H84Br4Cl3N5O10. The largest absolute Gasteiger partial charge is 0.274 e. The average molecular weight is 1870 g/mol. The van der Waals surface area contributed by atoms with Crippen LogP contribution in [0, 0.1) is 217 Å². The maximum atomic E-state index is 13.4. The summed E-state index contributed by atoms with van der Waals surface area (Å²) < 4.78 is 3.87. The van der Waals surface area contributed by atoms with E-state index in [1.165, 1.54) is 51.0 Å². The molecule has 16 bridgehead atoms. The standard InChI is InChI=1S/C22H22BrNO2.C20H18BrNO2.C20H16Cl3NO2.C17H16BrNO2.C15H12BrNO2/c1-9-5-13(23)6-10(2)20(9)24-21(25)18-14-8-15(19(18)22(24)26)17-12-4-3-11(7-12)16(14)17;21-11-3-5-12(6-4-11)22-19(23)17-13-8-14(18(17)20(22)24)16-10-2-1-9(7-10)15(13)16;21-11-5-13(23)14(6-12(11)22)24-19(25)17-9-4-10(18(17)20(24)26)16-8-2-1-7(3-8)15(9)16;1-8-5-12(18)6-9(2)15(8)19-16(20)13-10-3-4-11(7-10)14(13)17(19)21;16-10-3-5-11(6-4-10)17-14(18)12-8-1-2-9(7-8)13(12)15(17)19/h3-6,11-12,14-19H,7-8H2,1-2H3;1-6,9-10,13-18H,7-8H2;1-2,5-10,15-18H,3-4H2;3-6,10-11,13-14H,7H2,1-2H3;1-6,8-9,12-13H,7H2. The van der Waals surface area contributed by atoms with Crippen LogP contribution in [0.2, 0.25) is 15.1 Å². The molecule has 0 spiro atoms. The van der Waals surface area contributed by atoms with Crippen molar-refractivity contribution >= 4 is 186 Å². The average Bonchev–Trinajstić information content (AvgIpc) is 1.51. The van der Waals surface area contributed by atoms with Crippen molar-refractivity contribution in [3.63, 3.8) is 0 Å². The number of anilines is 5. The first kappa shape index (κ1) is 75.5. The fourth-order valence-electron chi connectivity index (χ4n) is 29.7. The number of nitrogens with zero attached hydrogens (tertiary/aromatic N) is 5. The van der Waals surface area contributed by atoms with Crippen LogP contribution in [0.3, 0.4) is 0 Å². The number of hydrogen-bond donors (Lipinski definition) is 0. The Hall–Kier alpha value is -6.71. The molecule has 16 fully saturated rings. The molecular weight excluding hydrogens is 1790 g/mol. The number of halogens is 7. The van der Waals surface area contributed by atoms with Crippen LogP contribution in [0.25, 0.3) is 0 Å². The monoisotopic (exact) mass is 1860 g/mol. The number of amides is 10. The molecule has 22 heteroatoms. The van der Waals surface area contributed by atoms with Crippen LogP contribution >= 0.6 is 98.5 Å². The maximum absolute atomic E-state index is 13.4. The summed E-state index contributed by atoms with van der Waals surface area (Å²) in [5.74, 6) is 10.00. The number of carbonyl (C=O) groups is 10. The number of benzene rings is 5. The smallest absolute Gasteiger partial charge is 0.238 e. The van der Waals surface area contributed by atoms with E-state index in [1.807, 2.05) is 100 Å². The van der Waals surface area contributed by atoms with Crippen LogP contribution in [0.1, 0.15) is 73.6 Å². The Morgan fingerprint density at radius 1 is 0.250 bits per heavy atom. The van der Waals surface area contributed by atoms with Crippen LogP contribution in [0.15, 0.2) is 164 Å². The fourth-order valence-corrected chi connectivity index (χ4v) is 32.2. The van der Waals surface area contributed by atoms with Crippen molar-refractivity contribution in [1.29, 1.82) is 0 Å². The number of rotatable bonds is 5. The van der Waals surface area contributed by atoms with Gasteiger partial charge in [0, 0.05) is 17.9 Å². The number of fused-ring (bicyclic) bond motifs is 46. The molecule has 11 saturated carbocycles. The van der Waals surface area contributed by atoms with Gasteiger partial charge in [0.2, 0.25) is 59.1 Å². The summed E-state index contributed by atoms with van der Waals surface area (Å²) in [7, 11) is 0. The molecule has 10 amide bonds. The first-order valence-electron chi connectivity index (χ1n) is 41.7. The van der Waals surface area contributed by atoms with Gasteiger partial charge in [-0.1, -0.05) is 159 Å². The van der Waals surface area contributed by atoms with Gasteiger partial charge in [-0.2, -0.15) is 0 Å². The van der Waals surface area contributed by atoms with Crippen molar-refractivity contribution in [2.24, 2.45) is 189 Å². The second kappa shape index (κ2) is 27.1. The van der Waals surface area contributed by atoms with Crippen LogP contribution < -0.4 is 24.5 Å². The highest BCUT2D eigenvalue weighted by molar-refractivity contribution is 9.11. The molecule has 0 aromatic heterocycles. The Bertz CT molecular complexity index is 5240. The molecule has 32 unspecified atom stereocenters. The van der Waals surface area contributed by atoms with Crippen molar-refractivity contribution in [3.8, 4) is 0 Å². The van der Waals surface area contributed by atoms with E-state index in [9.17, 15) is 47.9 Å². The van der Waals surface area contributed by atoms with Crippen molar-refractivity contribution in [1.82, 2.24) is 0 Å². The fraction of sp³-hybridized carbons (Fsp3) is 0.468. The first-order chi connectivity index (χ1) is 55.7. The number of carbonyl (C=O) groups excluding carboxylic acids is 10. The van der Waals surface area contributed by atoms with E-state index in [0.717, 1.165) is 89.3 Å². The molecule has 5 saturated heterocycles. The van der Waals surface area contributed by atoms with Gasteiger partial charge in [-0.25, -0.2) is 14.7 Å². The minimum atomic E-state index is -0.188. The zero-order valence-electron chi connectivity index (χ0n) is 64.0. The summed E-state index contributed by atoms with van der Waals surface area (Å²) in [5, 5.41) is 0.901. The van der Waals surface area contributed by atoms with Gasteiger partial charge in [-0.15, -0.1) is 0 Å². The topological polar surface area (TPSA) is 187 Å². The first-order valence-corrected chi connectivity index (χ1v) is 46.0. The molecule has 0 radical (unpaired) electrons. The molecule has 594 valence electrons. The lowest BCUT2D eigenvalue weighted by atomic mass is 9.65. The van der Waals surface area contributed by atoms with Gasteiger partial charge in [-0.3, -0.25) is 57.7 Å². The van der Waals surface area contributed by atoms with Crippen LogP contribution in [0.4, 0.5) is 28.4 Å².